The van der Waals surface area contributed by atoms with E-state index in [-0.39, 0.29) is 5.91 Å². The second-order valence-corrected chi connectivity index (χ2v) is 7.59. The summed E-state index contributed by atoms with van der Waals surface area (Å²) in [4.78, 5) is 28.9. The lowest BCUT2D eigenvalue weighted by molar-refractivity contribution is -0.114. The van der Waals surface area contributed by atoms with Crippen LogP contribution in [-0.4, -0.2) is 34.6 Å². The van der Waals surface area contributed by atoms with Crippen LogP contribution in [0.4, 0.5) is 11.4 Å². The lowest BCUT2D eigenvalue weighted by atomic mass is 9.88. The van der Waals surface area contributed by atoms with Gasteiger partial charge in [-0.2, -0.15) is 0 Å². The van der Waals surface area contributed by atoms with Crippen molar-refractivity contribution >= 4 is 34.3 Å². The second-order valence-electron chi connectivity index (χ2n) is 7.59. The number of anilines is 2. The molecule has 1 unspecified atom stereocenters. The highest BCUT2D eigenvalue weighted by Gasteiger charge is 2.25. The number of rotatable bonds is 5. The van der Waals surface area contributed by atoms with Gasteiger partial charge in [-0.15, -0.1) is 0 Å². The van der Waals surface area contributed by atoms with Gasteiger partial charge in [0.2, 0.25) is 5.91 Å². The minimum absolute atomic E-state index is 0.252. The van der Waals surface area contributed by atoms with Crippen molar-refractivity contribution < 1.29 is 14.3 Å². The third-order valence-electron chi connectivity index (χ3n) is 5.61. The topological polar surface area (TPSA) is 85.2 Å². The number of benzene rings is 1. The molecule has 1 atom stereocenters. The summed E-state index contributed by atoms with van der Waals surface area (Å²) < 4.78 is 6.73. The van der Waals surface area contributed by atoms with Gasteiger partial charge in [-0.3, -0.25) is 4.79 Å². The van der Waals surface area contributed by atoms with Crippen molar-refractivity contribution in [2.75, 3.05) is 17.7 Å². The molecule has 3 aromatic rings. The lowest BCUT2D eigenvalue weighted by Crippen LogP contribution is -2.27. The first kappa shape index (κ1) is 19.9. The summed E-state index contributed by atoms with van der Waals surface area (Å²) in [5.41, 5.74) is 5.04. The number of carbonyl (C=O) groups excluding carboxylic acids is 2. The fraction of sp³-hybridized carbons (Fsp3) is 0.348. The number of aromatic nitrogens is 2. The Morgan fingerprint density at radius 2 is 2.03 bits per heavy atom. The minimum Gasteiger partial charge on any atom is -0.464 e. The van der Waals surface area contributed by atoms with E-state index in [4.69, 9.17) is 4.74 Å². The van der Waals surface area contributed by atoms with Gasteiger partial charge in [-0.05, 0) is 43.4 Å². The molecule has 0 saturated carbocycles. The molecule has 1 aromatic carbocycles. The van der Waals surface area contributed by atoms with Crippen LogP contribution in [0.15, 0.2) is 36.5 Å². The van der Waals surface area contributed by atoms with Gasteiger partial charge < -0.3 is 19.9 Å². The first-order valence-corrected chi connectivity index (χ1v) is 10.2. The maximum absolute atomic E-state index is 12.4. The van der Waals surface area contributed by atoms with Gasteiger partial charge in [0.1, 0.15) is 5.65 Å². The summed E-state index contributed by atoms with van der Waals surface area (Å²) >= 11 is 0. The van der Waals surface area contributed by atoms with E-state index in [0.717, 1.165) is 24.9 Å². The Hall–Kier alpha value is -3.35. The number of fused-ring (bicyclic) bond motifs is 2. The van der Waals surface area contributed by atoms with Crippen LogP contribution in [0.3, 0.4) is 0 Å². The molecule has 0 radical (unpaired) electrons. The summed E-state index contributed by atoms with van der Waals surface area (Å²) in [6.45, 7) is 3.88. The molecule has 7 heteroatoms. The zero-order valence-electron chi connectivity index (χ0n) is 17.5. The number of amides is 1. The monoisotopic (exact) mass is 406 g/mol. The SMILES string of the molecule is CCn1c(C(=O)OC)c(NC(C)=O)c2cc(NC3CCc4ccccc4C3)cnc21. The fourth-order valence-electron chi connectivity index (χ4n) is 4.28. The molecule has 1 amide bonds. The molecule has 0 spiro atoms. The summed E-state index contributed by atoms with van der Waals surface area (Å²) in [6, 6.07) is 10.8. The van der Waals surface area contributed by atoms with E-state index in [9.17, 15) is 9.59 Å². The van der Waals surface area contributed by atoms with Crippen LogP contribution in [0.25, 0.3) is 11.0 Å². The van der Waals surface area contributed by atoms with Crippen LogP contribution in [0.5, 0.6) is 0 Å². The van der Waals surface area contributed by atoms with E-state index in [1.807, 2.05) is 13.0 Å². The molecule has 0 bridgehead atoms. The van der Waals surface area contributed by atoms with Crippen LogP contribution in [0, 0.1) is 0 Å². The molecule has 4 rings (SSSR count). The Bertz CT molecular complexity index is 1120. The van der Waals surface area contributed by atoms with Crippen molar-refractivity contribution in [3.63, 3.8) is 0 Å². The molecule has 1 aliphatic carbocycles. The largest absolute Gasteiger partial charge is 0.464 e. The van der Waals surface area contributed by atoms with Crippen molar-refractivity contribution in [3.05, 3.63) is 53.3 Å². The first-order chi connectivity index (χ1) is 14.5. The predicted octanol–water partition coefficient (Wildman–Crippen LogP) is 3.77. The molecule has 0 aliphatic heterocycles. The molecule has 2 N–H and O–H groups in total. The molecule has 2 heterocycles. The summed E-state index contributed by atoms with van der Waals surface area (Å²) in [5, 5.41) is 7.10. The first-order valence-electron chi connectivity index (χ1n) is 10.2. The Labute approximate surface area is 175 Å². The number of hydrogen-bond donors (Lipinski definition) is 2. The van der Waals surface area contributed by atoms with Crippen molar-refractivity contribution in [3.8, 4) is 0 Å². The van der Waals surface area contributed by atoms with Crippen LogP contribution in [-0.2, 0) is 28.9 Å². The van der Waals surface area contributed by atoms with Crippen molar-refractivity contribution in [2.45, 2.75) is 45.7 Å². The van der Waals surface area contributed by atoms with Crippen molar-refractivity contribution in [1.29, 1.82) is 0 Å². The third kappa shape index (κ3) is 3.63. The normalized spacial score (nSPS) is 15.5. The molecule has 156 valence electrons. The number of hydrogen-bond acceptors (Lipinski definition) is 5. The number of methoxy groups -OCH3 is 1. The number of carbonyl (C=O) groups is 2. The van der Waals surface area contributed by atoms with Gasteiger partial charge >= 0.3 is 5.97 Å². The highest BCUT2D eigenvalue weighted by atomic mass is 16.5. The van der Waals surface area contributed by atoms with Gasteiger partial charge in [0.25, 0.3) is 0 Å². The van der Waals surface area contributed by atoms with Gasteiger partial charge in [0, 0.05) is 24.9 Å². The van der Waals surface area contributed by atoms with E-state index >= 15 is 0 Å². The molecule has 7 nitrogen and oxygen atoms in total. The van der Waals surface area contributed by atoms with Gasteiger partial charge in [-0.25, -0.2) is 9.78 Å². The summed E-state index contributed by atoms with van der Waals surface area (Å²) in [7, 11) is 1.33. The lowest BCUT2D eigenvalue weighted by Gasteiger charge is -2.26. The highest BCUT2D eigenvalue weighted by Crippen LogP contribution is 2.33. The number of pyridine rings is 1. The smallest absolute Gasteiger partial charge is 0.356 e. The maximum Gasteiger partial charge on any atom is 0.356 e. The molecule has 2 aromatic heterocycles. The summed E-state index contributed by atoms with van der Waals surface area (Å²) in [5.74, 6) is -0.755. The molecule has 1 aliphatic rings. The van der Waals surface area contributed by atoms with Crippen LogP contribution in [0.1, 0.15) is 41.9 Å². The van der Waals surface area contributed by atoms with Crippen LogP contribution < -0.4 is 10.6 Å². The van der Waals surface area contributed by atoms with Crippen molar-refractivity contribution in [1.82, 2.24) is 9.55 Å². The summed E-state index contributed by atoms with van der Waals surface area (Å²) in [6.07, 6.45) is 4.82. The number of ether oxygens (including phenoxy) is 1. The fourth-order valence-corrected chi connectivity index (χ4v) is 4.28. The van der Waals surface area contributed by atoms with Crippen molar-refractivity contribution in [2.24, 2.45) is 0 Å². The van der Waals surface area contributed by atoms with Gasteiger partial charge in [0.05, 0.1) is 24.7 Å². The van der Waals surface area contributed by atoms with E-state index in [1.165, 1.54) is 25.2 Å². The van der Waals surface area contributed by atoms with E-state index in [0.29, 0.717) is 35.0 Å². The molecule has 0 saturated heterocycles. The number of esters is 1. The zero-order chi connectivity index (χ0) is 21.3. The molecular formula is C23H26N4O3. The third-order valence-corrected chi connectivity index (χ3v) is 5.61. The number of nitrogens with zero attached hydrogens (tertiary/aromatic N) is 2. The second kappa shape index (κ2) is 8.18. The molecule has 0 fully saturated rings. The average Bonchev–Trinajstić information content (AvgIpc) is 3.05. The van der Waals surface area contributed by atoms with Crippen LogP contribution in [0.2, 0.25) is 0 Å². The molecular weight excluding hydrogens is 380 g/mol. The van der Waals surface area contributed by atoms with Gasteiger partial charge in [0.15, 0.2) is 5.69 Å². The Morgan fingerprint density at radius 1 is 1.27 bits per heavy atom. The zero-order valence-corrected chi connectivity index (χ0v) is 17.5. The minimum atomic E-state index is -0.503. The van der Waals surface area contributed by atoms with Gasteiger partial charge in [-0.1, -0.05) is 24.3 Å². The van der Waals surface area contributed by atoms with Crippen LogP contribution >= 0.6 is 0 Å². The Morgan fingerprint density at radius 3 is 2.73 bits per heavy atom. The number of aryl methyl sites for hydroxylation is 2. The Balaban J connectivity index is 1.71. The maximum atomic E-state index is 12.4. The highest BCUT2D eigenvalue weighted by molar-refractivity contribution is 6.10. The quantitative estimate of drug-likeness (QED) is 0.630. The van der Waals surface area contributed by atoms with E-state index in [1.54, 1.807) is 10.8 Å². The predicted molar refractivity (Wildman–Crippen MR) is 117 cm³/mol. The number of nitrogens with one attached hydrogen (secondary N) is 2. The van der Waals surface area contributed by atoms with E-state index in [2.05, 4.69) is 39.9 Å². The van der Waals surface area contributed by atoms with E-state index < -0.39 is 5.97 Å². The molecule has 30 heavy (non-hydrogen) atoms. The standard InChI is InChI=1S/C23H26N4O3/c1-4-27-21(23(29)30-3)20(25-14(2)28)19-12-18(13-24-22(19)27)26-17-10-9-15-7-5-6-8-16(15)11-17/h5-8,12-13,17,26H,4,9-11H2,1-3H3,(H,25,28). The average molecular weight is 406 g/mol. The Kier molecular flexibility index (Phi) is 5.44.